The number of nitro benzene ring substituents is 1. The molecular formula is C19H20ClN3O3. The smallest absolute Gasteiger partial charge is 0.269 e. The van der Waals surface area contributed by atoms with E-state index in [1.165, 1.54) is 12.1 Å². The highest BCUT2D eigenvalue weighted by Gasteiger charge is 2.21. The Labute approximate surface area is 157 Å². The van der Waals surface area contributed by atoms with Crippen LogP contribution in [0.2, 0.25) is 5.02 Å². The number of nitro groups is 1. The number of non-ortho nitro benzene ring substituents is 1. The lowest BCUT2D eigenvalue weighted by Gasteiger charge is -2.36. The van der Waals surface area contributed by atoms with E-state index in [1.807, 2.05) is 29.2 Å². The molecule has 0 bridgehead atoms. The van der Waals surface area contributed by atoms with Crippen LogP contribution in [0.5, 0.6) is 0 Å². The predicted octanol–water partition coefficient (Wildman–Crippen LogP) is 3.53. The molecule has 26 heavy (non-hydrogen) atoms. The highest BCUT2D eigenvalue weighted by Crippen LogP contribution is 2.21. The Morgan fingerprint density at radius 3 is 2.19 bits per heavy atom. The van der Waals surface area contributed by atoms with E-state index >= 15 is 0 Å². The lowest BCUT2D eigenvalue weighted by molar-refractivity contribution is -0.384. The van der Waals surface area contributed by atoms with Crippen molar-refractivity contribution >= 4 is 28.9 Å². The number of benzene rings is 2. The fourth-order valence-corrected chi connectivity index (χ4v) is 3.19. The molecule has 0 saturated carbocycles. The van der Waals surface area contributed by atoms with Crippen molar-refractivity contribution in [2.24, 2.45) is 0 Å². The van der Waals surface area contributed by atoms with Crippen molar-refractivity contribution < 1.29 is 9.72 Å². The molecule has 1 heterocycles. The van der Waals surface area contributed by atoms with Gasteiger partial charge in [0.1, 0.15) is 0 Å². The van der Waals surface area contributed by atoms with Crippen LogP contribution in [-0.2, 0) is 11.2 Å². The second-order valence-corrected chi connectivity index (χ2v) is 6.70. The third-order valence-electron chi connectivity index (χ3n) is 4.60. The second kappa shape index (κ2) is 8.19. The number of carbonyl (C=O) groups excluding carboxylic acids is 1. The maximum absolute atomic E-state index is 12.4. The molecule has 0 aromatic heterocycles. The van der Waals surface area contributed by atoms with Gasteiger partial charge in [-0.05, 0) is 36.2 Å². The van der Waals surface area contributed by atoms with Crippen molar-refractivity contribution in [1.29, 1.82) is 0 Å². The summed E-state index contributed by atoms with van der Waals surface area (Å²) in [5, 5.41) is 11.4. The molecule has 136 valence electrons. The summed E-state index contributed by atoms with van der Waals surface area (Å²) in [6.07, 6.45) is 1.19. The zero-order chi connectivity index (χ0) is 18.5. The molecule has 1 aliphatic heterocycles. The van der Waals surface area contributed by atoms with Crippen molar-refractivity contribution in [3.63, 3.8) is 0 Å². The number of amides is 1. The summed E-state index contributed by atoms with van der Waals surface area (Å²) in [6.45, 7) is 2.78. The van der Waals surface area contributed by atoms with Crippen LogP contribution >= 0.6 is 11.6 Å². The number of halogens is 1. The Morgan fingerprint density at radius 2 is 1.62 bits per heavy atom. The number of anilines is 1. The van der Waals surface area contributed by atoms with E-state index in [4.69, 9.17) is 11.6 Å². The van der Waals surface area contributed by atoms with Gasteiger partial charge in [-0.3, -0.25) is 14.9 Å². The number of rotatable bonds is 5. The van der Waals surface area contributed by atoms with Crippen molar-refractivity contribution in [3.05, 3.63) is 69.2 Å². The van der Waals surface area contributed by atoms with Crippen LogP contribution in [0.25, 0.3) is 0 Å². The van der Waals surface area contributed by atoms with Gasteiger partial charge < -0.3 is 9.80 Å². The zero-order valence-corrected chi connectivity index (χ0v) is 15.1. The summed E-state index contributed by atoms with van der Waals surface area (Å²) >= 11 is 5.87. The minimum absolute atomic E-state index is 0.0877. The molecule has 7 heteroatoms. The van der Waals surface area contributed by atoms with Crippen molar-refractivity contribution in [3.8, 4) is 0 Å². The third-order valence-corrected chi connectivity index (χ3v) is 4.85. The van der Waals surface area contributed by atoms with Crippen LogP contribution in [0.3, 0.4) is 0 Å². The van der Waals surface area contributed by atoms with Gasteiger partial charge in [-0.2, -0.15) is 0 Å². The van der Waals surface area contributed by atoms with Crippen molar-refractivity contribution in [1.82, 2.24) is 4.90 Å². The molecule has 1 fully saturated rings. The minimum atomic E-state index is -0.402. The van der Waals surface area contributed by atoms with E-state index in [0.717, 1.165) is 24.3 Å². The number of aryl methyl sites for hydroxylation is 1. The standard InChI is InChI=1S/C19H20ClN3O3/c20-16-4-1-15(2-5-16)3-10-19(24)22-13-11-21(12-14-22)17-6-8-18(9-7-17)23(25)26/h1-2,4-9H,3,10-14H2. The van der Waals surface area contributed by atoms with Crippen LogP contribution in [0.4, 0.5) is 11.4 Å². The van der Waals surface area contributed by atoms with Gasteiger partial charge in [-0.15, -0.1) is 0 Å². The Balaban J connectivity index is 1.48. The molecule has 0 unspecified atom stereocenters. The molecule has 2 aromatic carbocycles. The molecule has 3 rings (SSSR count). The first-order chi connectivity index (χ1) is 12.5. The van der Waals surface area contributed by atoms with E-state index in [9.17, 15) is 14.9 Å². The van der Waals surface area contributed by atoms with Gasteiger partial charge in [0.2, 0.25) is 5.91 Å². The van der Waals surface area contributed by atoms with E-state index in [1.54, 1.807) is 12.1 Å². The summed E-state index contributed by atoms with van der Waals surface area (Å²) in [4.78, 5) is 26.8. The summed E-state index contributed by atoms with van der Waals surface area (Å²) in [6, 6.07) is 14.1. The average molecular weight is 374 g/mol. The molecule has 6 nitrogen and oxygen atoms in total. The van der Waals surface area contributed by atoms with Crippen molar-refractivity contribution in [2.75, 3.05) is 31.1 Å². The van der Waals surface area contributed by atoms with E-state index in [0.29, 0.717) is 31.0 Å². The summed E-state index contributed by atoms with van der Waals surface area (Å²) in [5.74, 6) is 0.156. The van der Waals surface area contributed by atoms with Crippen LogP contribution in [0, 0.1) is 10.1 Å². The molecule has 0 atom stereocenters. The first-order valence-corrected chi connectivity index (χ1v) is 8.92. The Morgan fingerprint density at radius 1 is 1.00 bits per heavy atom. The van der Waals surface area contributed by atoms with Crippen LogP contribution in [-0.4, -0.2) is 41.9 Å². The molecule has 0 spiro atoms. The molecular weight excluding hydrogens is 354 g/mol. The third kappa shape index (κ3) is 4.52. The van der Waals surface area contributed by atoms with E-state index < -0.39 is 4.92 Å². The molecule has 0 aliphatic carbocycles. The summed E-state index contributed by atoms with van der Waals surface area (Å²) < 4.78 is 0. The topological polar surface area (TPSA) is 66.7 Å². The van der Waals surface area contributed by atoms with E-state index in [2.05, 4.69) is 4.90 Å². The summed E-state index contributed by atoms with van der Waals surface area (Å²) in [5.41, 5.74) is 2.14. The molecule has 1 saturated heterocycles. The maximum Gasteiger partial charge on any atom is 0.269 e. The van der Waals surface area contributed by atoms with Gasteiger partial charge in [0.15, 0.2) is 0 Å². The number of piperazine rings is 1. The highest BCUT2D eigenvalue weighted by molar-refractivity contribution is 6.30. The Bertz CT molecular complexity index is 770. The molecule has 0 N–H and O–H groups in total. The molecule has 2 aromatic rings. The van der Waals surface area contributed by atoms with Gasteiger partial charge in [-0.25, -0.2) is 0 Å². The van der Waals surface area contributed by atoms with Gasteiger partial charge in [0.05, 0.1) is 4.92 Å². The summed E-state index contributed by atoms with van der Waals surface area (Å²) in [7, 11) is 0. The van der Waals surface area contributed by atoms with Gasteiger partial charge in [0, 0.05) is 55.4 Å². The maximum atomic E-state index is 12.4. The van der Waals surface area contributed by atoms with Gasteiger partial charge >= 0.3 is 0 Å². The fraction of sp³-hybridized carbons (Fsp3) is 0.316. The first kappa shape index (κ1) is 18.2. The normalized spacial score (nSPS) is 14.3. The van der Waals surface area contributed by atoms with Gasteiger partial charge in [0.25, 0.3) is 5.69 Å². The lowest BCUT2D eigenvalue weighted by atomic mass is 10.1. The average Bonchev–Trinajstić information content (AvgIpc) is 2.67. The molecule has 1 aliphatic rings. The highest BCUT2D eigenvalue weighted by atomic mass is 35.5. The van der Waals surface area contributed by atoms with Gasteiger partial charge in [-0.1, -0.05) is 23.7 Å². The van der Waals surface area contributed by atoms with E-state index in [-0.39, 0.29) is 11.6 Å². The fourth-order valence-electron chi connectivity index (χ4n) is 3.06. The SMILES string of the molecule is O=C(CCc1ccc(Cl)cc1)N1CCN(c2ccc([N+](=O)[O-])cc2)CC1. The lowest BCUT2D eigenvalue weighted by Crippen LogP contribution is -2.48. The van der Waals surface area contributed by atoms with Crippen molar-refractivity contribution in [2.45, 2.75) is 12.8 Å². The molecule has 1 amide bonds. The Kier molecular flexibility index (Phi) is 5.73. The largest absolute Gasteiger partial charge is 0.368 e. The predicted molar refractivity (Wildman–Crippen MR) is 102 cm³/mol. The number of hydrogen-bond acceptors (Lipinski definition) is 4. The van der Waals surface area contributed by atoms with Crippen LogP contribution in [0.1, 0.15) is 12.0 Å². The minimum Gasteiger partial charge on any atom is -0.368 e. The number of nitrogens with zero attached hydrogens (tertiary/aromatic N) is 3. The second-order valence-electron chi connectivity index (χ2n) is 6.27. The van der Waals surface area contributed by atoms with Crippen LogP contribution in [0.15, 0.2) is 48.5 Å². The monoisotopic (exact) mass is 373 g/mol. The first-order valence-electron chi connectivity index (χ1n) is 8.54. The quantitative estimate of drug-likeness (QED) is 0.594. The number of carbonyl (C=O) groups is 1. The molecule has 0 radical (unpaired) electrons. The van der Waals surface area contributed by atoms with Crippen LogP contribution < -0.4 is 4.90 Å². The number of hydrogen-bond donors (Lipinski definition) is 0. The Hall–Kier alpha value is -2.60. The zero-order valence-electron chi connectivity index (χ0n) is 14.3.